The van der Waals surface area contributed by atoms with Gasteiger partial charge in [0.2, 0.25) is 0 Å². The van der Waals surface area contributed by atoms with Crippen LogP contribution in [0.3, 0.4) is 0 Å². The van der Waals surface area contributed by atoms with E-state index in [1.165, 1.54) is 15.6 Å². The minimum Gasteiger partial charge on any atom is -0.496 e. The Labute approximate surface area is 128 Å². The van der Waals surface area contributed by atoms with Gasteiger partial charge in [-0.05, 0) is 40.9 Å². The maximum Gasteiger partial charge on any atom is 0.124 e. The van der Waals surface area contributed by atoms with E-state index >= 15 is 0 Å². The molecule has 0 bridgehead atoms. The second-order valence-electron chi connectivity index (χ2n) is 5.22. The molecule has 3 aromatic rings. The summed E-state index contributed by atoms with van der Waals surface area (Å²) in [7, 11) is 1.64. The summed E-state index contributed by atoms with van der Waals surface area (Å²) < 4.78 is 6.66. The predicted molar refractivity (Wildman–Crippen MR) is 88.2 cm³/mol. The first-order chi connectivity index (χ1) is 10.2. The number of thiophene rings is 1. The van der Waals surface area contributed by atoms with Crippen molar-refractivity contribution in [3.05, 3.63) is 64.5 Å². The molecule has 1 N–H and O–H groups in total. The first-order valence-corrected chi connectivity index (χ1v) is 7.84. The molecule has 3 heteroatoms. The van der Waals surface area contributed by atoms with E-state index in [1.54, 1.807) is 18.4 Å². The molecule has 1 atom stereocenters. The van der Waals surface area contributed by atoms with Crippen molar-refractivity contribution < 1.29 is 9.84 Å². The Morgan fingerprint density at radius 1 is 1.19 bits per heavy atom. The molecule has 0 aliphatic heterocycles. The van der Waals surface area contributed by atoms with Gasteiger partial charge in [-0.15, -0.1) is 11.3 Å². The normalized spacial score (nSPS) is 12.5. The maximum absolute atomic E-state index is 10.6. The number of benzene rings is 2. The minimum atomic E-state index is -0.557. The van der Waals surface area contributed by atoms with Gasteiger partial charge in [0.15, 0.2) is 0 Å². The summed E-state index contributed by atoms with van der Waals surface area (Å²) in [5.74, 6) is 0.752. The quantitative estimate of drug-likeness (QED) is 0.768. The van der Waals surface area contributed by atoms with Gasteiger partial charge in [0, 0.05) is 16.7 Å². The summed E-state index contributed by atoms with van der Waals surface area (Å²) in [4.78, 5) is 0. The number of ether oxygens (including phenoxy) is 1. The molecule has 21 heavy (non-hydrogen) atoms. The highest BCUT2D eigenvalue weighted by Crippen LogP contribution is 2.32. The van der Waals surface area contributed by atoms with Crippen molar-refractivity contribution in [3.8, 4) is 5.75 Å². The molecule has 0 aliphatic rings. The van der Waals surface area contributed by atoms with Gasteiger partial charge in [0.25, 0.3) is 0 Å². The van der Waals surface area contributed by atoms with Crippen molar-refractivity contribution in [2.75, 3.05) is 7.11 Å². The van der Waals surface area contributed by atoms with Crippen LogP contribution in [-0.2, 0) is 6.42 Å². The molecule has 2 nitrogen and oxygen atoms in total. The van der Waals surface area contributed by atoms with E-state index in [2.05, 4.69) is 17.5 Å². The maximum atomic E-state index is 10.6. The lowest BCUT2D eigenvalue weighted by atomic mass is 9.99. The highest BCUT2D eigenvalue weighted by atomic mass is 32.1. The van der Waals surface area contributed by atoms with Crippen LogP contribution in [0, 0.1) is 6.92 Å². The molecule has 108 valence electrons. The van der Waals surface area contributed by atoms with Crippen LogP contribution in [0.25, 0.3) is 10.1 Å². The molecule has 0 fully saturated rings. The molecule has 0 aliphatic carbocycles. The van der Waals surface area contributed by atoms with Crippen LogP contribution in [-0.4, -0.2) is 12.2 Å². The zero-order valence-corrected chi connectivity index (χ0v) is 13.0. The van der Waals surface area contributed by atoms with Gasteiger partial charge in [0.1, 0.15) is 5.75 Å². The standard InChI is InChI=1S/C18H18O2S/c1-12-7-8-15(17(9-12)20-2)16(19)10-13-11-21-18-6-4-3-5-14(13)18/h3-9,11,16,19H,10H2,1-2H3. The molecule has 0 radical (unpaired) electrons. The third-order valence-corrected chi connectivity index (χ3v) is 4.73. The second kappa shape index (κ2) is 5.88. The Morgan fingerprint density at radius 2 is 2.00 bits per heavy atom. The Morgan fingerprint density at radius 3 is 2.81 bits per heavy atom. The van der Waals surface area contributed by atoms with E-state index in [-0.39, 0.29) is 0 Å². The molecule has 3 rings (SSSR count). The minimum absolute atomic E-state index is 0.557. The largest absolute Gasteiger partial charge is 0.496 e. The van der Waals surface area contributed by atoms with Crippen LogP contribution < -0.4 is 4.74 Å². The Balaban J connectivity index is 1.91. The van der Waals surface area contributed by atoms with Gasteiger partial charge >= 0.3 is 0 Å². The van der Waals surface area contributed by atoms with Gasteiger partial charge < -0.3 is 9.84 Å². The molecular weight excluding hydrogens is 280 g/mol. The van der Waals surface area contributed by atoms with E-state index in [1.807, 2.05) is 37.3 Å². The fraction of sp³-hybridized carbons (Fsp3) is 0.222. The summed E-state index contributed by atoms with van der Waals surface area (Å²) in [6, 6.07) is 14.2. The molecular formula is C18H18O2S. The number of hydrogen-bond acceptors (Lipinski definition) is 3. The summed E-state index contributed by atoms with van der Waals surface area (Å²) in [5, 5.41) is 13.9. The molecule has 0 saturated carbocycles. The number of rotatable bonds is 4. The Hall–Kier alpha value is -1.84. The third kappa shape index (κ3) is 2.80. The first kappa shape index (κ1) is 14.1. The number of methoxy groups -OCH3 is 1. The molecule has 1 heterocycles. The van der Waals surface area contributed by atoms with Crippen LogP contribution in [0.5, 0.6) is 5.75 Å². The summed E-state index contributed by atoms with van der Waals surface area (Å²) >= 11 is 1.72. The van der Waals surface area contributed by atoms with Gasteiger partial charge in [-0.3, -0.25) is 0 Å². The topological polar surface area (TPSA) is 29.5 Å². The van der Waals surface area contributed by atoms with Crippen molar-refractivity contribution in [3.63, 3.8) is 0 Å². The van der Waals surface area contributed by atoms with E-state index in [4.69, 9.17) is 4.74 Å². The average Bonchev–Trinajstić information content (AvgIpc) is 2.90. The zero-order chi connectivity index (χ0) is 14.8. The second-order valence-corrected chi connectivity index (χ2v) is 6.13. The SMILES string of the molecule is COc1cc(C)ccc1C(O)Cc1csc2ccccc12. The number of aryl methyl sites for hydroxylation is 1. The van der Waals surface area contributed by atoms with Crippen molar-refractivity contribution in [1.82, 2.24) is 0 Å². The van der Waals surface area contributed by atoms with Crippen LogP contribution in [0.2, 0.25) is 0 Å². The number of hydrogen-bond donors (Lipinski definition) is 1. The van der Waals surface area contributed by atoms with Crippen LogP contribution in [0.1, 0.15) is 22.8 Å². The lowest BCUT2D eigenvalue weighted by molar-refractivity contribution is 0.174. The fourth-order valence-corrected chi connectivity index (χ4v) is 3.58. The summed E-state index contributed by atoms with van der Waals surface area (Å²) in [6.45, 7) is 2.02. The molecule has 0 spiro atoms. The Bertz CT molecular complexity index is 761. The smallest absolute Gasteiger partial charge is 0.124 e. The van der Waals surface area contributed by atoms with Gasteiger partial charge in [0.05, 0.1) is 13.2 Å². The Kier molecular flexibility index (Phi) is 3.95. The van der Waals surface area contributed by atoms with Crippen molar-refractivity contribution >= 4 is 21.4 Å². The number of fused-ring (bicyclic) bond motifs is 1. The molecule has 0 amide bonds. The van der Waals surface area contributed by atoms with E-state index in [9.17, 15) is 5.11 Å². The average molecular weight is 298 g/mol. The van der Waals surface area contributed by atoms with Gasteiger partial charge in [-0.1, -0.05) is 30.3 Å². The zero-order valence-electron chi connectivity index (χ0n) is 12.2. The number of aliphatic hydroxyl groups excluding tert-OH is 1. The molecule has 1 unspecified atom stereocenters. The summed E-state index contributed by atoms with van der Waals surface area (Å²) in [5.41, 5.74) is 3.16. The lowest BCUT2D eigenvalue weighted by Crippen LogP contribution is -2.04. The first-order valence-electron chi connectivity index (χ1n) is 6.96. The monoisotopic (exact) mass is 298 g/mol. The van der Waals surface area contributed by atoms with E-state index in [0.29, 0.717) is 6.42 Å². The summed E-state index contributed by atoms with van der Waals surface area (Å²) in [6.07, 6.45) is 0.0437. The predicted octanol–water partition coefficient (Wildman–Crippen LogP) is 4.49. The van der Waals surface area contributed by atoms with E-state index in [0.717, 1.165) is 16.9 Å². The van der Waals surface area contributed by atoms with Crippen LogP contribution in [0.4, 0.5) is 0 Å². The molecule has 0 saturated heterocycles. The third-order valence-electron chi connectivity index (χ3n) is 3.72. The number of aliphatic hydroxyl groups is 1. The molecule has 2 aromatic carbocycles. The van der Waals surface area contributed by atoms with Gasteiger partial charge in [-0.2, -0.15) is 0 Å². The fourth-order valence-electron chi connectivity index (χ4n) is 2.60. The lowest BCUT2D eigenvalue weighted by Gasteiger charge is -2.15. The van der Waals surface area contributed by atoms with Crippen molar-refractivity contribution in [2.45, 2.75) is 19.4 Å². The highest BCUT2D eigenvalue weighted by molar-refractivity contribution is 7.17. The highest BCUT2D eigenvalue weighted by Gasteiger charge is 2.16. The van der Waals surface area contributed by atoms with Crippen LogP contribution in [0.15, 0.2) is 47.8 Å². The van der Waals surface area contributed by atoms with E-state index < -0.39 is 6.10 Å². The van der Waals surface area contributed by atoms with Gasteiger partial charge in [-0.25, -0.2) is 0 Å². The molecule has 1 aromatic heterocycles. The van der Waals surface area contributed by atoms with Crippen molar-refractivity contribution in [2.24, 2.45) is 0 Å². The van der Waals surface area contributed by atoms with Crippen LogP contribution >= 0.6 is 11.3 Å². The van der Waals surface area contributed by atoms with Crippen molar-refractivity contribution in [1.29, 1.82) is 0 Å².